The van der Waals surface area contributed by atoms with Gasteiger partial charge in [0.15, 0.2) is 5.78 Å². The highest BCUT2D eigenvalue weighted by molar-refractivity contribution is 6.01. The molecule has 0 unspecified atom stereocenters. The van der Waals surface area contributed by atoms with Gasteiger partial charge in [0, 0.05) is 24.1 Å². The van der Waals surface area contributed by atoms with Crippen LogP contribution in [-0.4, -0.2) is 22.8 Å². The van der Waals surface area contributed by atoms with Crippen molar-refractivity contribution in [3.63, 3.8) is 0 Å². The average molecular weight is 367 g/mol. The Morgan fingerprint density at radius 1 is 0.963 bits per heavy atom. The molecule has 0 aliphatic carbocycles. The van der Waals surface area contributed by atoms with E-state index < -0.39 is 11.4 Å². The number of carbonyl (C=O) groups excluding carboxylic acids is 2. The van der Waals surface area contributed by atoms with Gasteiger partial charge >= 0.3 is 5.97 Å². The molecule has 2 aromatic rings. The van der Waals surface area contributed by atoms with Crippen molar-refractivity contribution in [3.05, 3.63) is 64.7 Å². The number of aliphatic carboxylic acids is 1. The minimum absolute atomic E-state index is 0.0510. The fraction of sp³-hybridized carbons (Fsp3) is 0.318. The van der Waals surface area contributed by atoms with Crippen molar-refractivity contribution >= 4 is 23.3 Å². The quantitative estimate of drug-likeness (QED) is 0.716. The molecule has 0 saturated carbocycles. The summed E-state index contributed by atoms with van der Waals surface area (Å²) in [6, 6.07) is 12.4. The Morgan fingerprint density at radius 3 is 2.19 bits per heavy atom. The van der Waals surface area contributed by atoms with Crippen LogP contribution in [0, 0.1) is 13.8 Å². The number of benzene rings is 2. The lowest BCUT2D eigenvalue weighted by Gasteiger charge is -2.19. The van der Waals surface area contributed by atoms with Crippen LogP contribution in [0.1, 0.15) is 53.7 Å². The molecule has 5 heteroatoms. The van der Waals surface area contributed by atoms with Crippen LogP contribution < -0.4 is 5.32 Å². The van der Waals surface area contributed by atoms with Crippen LogP contribution in [0.2, 0.25) is 0 Å². The molecule has 0 aliphatic rings. The van der Waals surface area contributed by atoms with Crippen molar-refractivity contribution in [3.8, 4) is 0 Å². The molecule has 0 atom stereocenters. The minimum Gasteiger partial charge on any atom is -0.481 e. The number of carboxylic acid groups (broad SMARTS) is 1. The van der Waals surface area contributed by atoms with Crippen LogP contribution in [0.25, 0.3) is 0 Å². The highest BCUT2D eigenvalue weighted by Gasteiger charge is 2.29. The van der Waals surface area contributed by atoms with Gasteiger partial charge < -0.3 is 10.4 Å². The van der Waals surface area contributed by atoms with E-state index in [0.717, 1.165) is 11.1 Å². The molecular weight excluding hydrogens is 342 g/mol. The Balaban J connectivity index is 1.95. The molecule has 0 spiro atoms. The van der Waals surface area contributed by atoms with Crippen LogP contribution in [0.5, 0.6) is 0 Å². The minimum atomic E-state index is -0.999. The topological polar surface area (TPSA) is 83.5 Å². The second-order valence-electron chi connectivity index (χ2n) is 7.30. The summed E-state index contributed by atoms with van der Waals surface area (Å²) in [5.74, 6) is -1.21. The Bertz CT molecular complexity index is 866. The smallest absolute Gasteiger partial charge is 0.313 e. The number of carbonyl (C=O) groups is 3. The van der Waals surface area contributed by atoms with Gasteiger partial charge in [-0.15, -0.1) is 0 Å². The normalized spacial score (nSPS) is 11.1. The van der Waals surface area contributed by atoms with Gasteiger partial charge in [0.05, 0.1) is 5.41 Å². The van der Waals surface area contributed by atoms with Gasteiger partial charge in [-0.3, -0.25) is 14.4 Å². The molecule has 1 amide bonds. The highest BCUT2D eigenvalue weighted by Crippen LogP contribution is 2.25. The van der Waals surface area contributed by atoms with Gasteiger partial charge in [0.2, 0.25) is 5.91 Å². The number of nitrogens with one attached hydrogen (secondary N) is 1. The molecule has 0 heterocycles. The SMILES string of the molecule is Cc1ccc(C)c(C(=O)CCC(=O)Nc2ccc(C(C)(C)C(=O)O)cc2)c1. The van der Waals surface area contributed by atoms with Crippen molar-refractivity contribution in [2.24, 2.45) is 0 Å². The molecule has 2 aromatic carbocycles. The van der Waals surface area contributed by atoms with E-state index in [0.29, 0.717) is 16.8 Å². The molecule has 0 aliphatic heterocycles. The molecule has 0 aromatic heterocycles. The van der Waals surface area contributed by atoms with Gasteiger partial charge in [-0.25, -0.2) is 0 Å². The molecule has 0 bridgehead atoms. The third-order valence-corrected chi connectivity index (χ3v) is 4.70. The second-order valence-corrected chi connectivity index (χ2v) is 7.30. The first kappa shape index (κ1) is 20.4. The number of aryl methyl sites for hydroxylation is 2. The molecule has 27 heavy (non-hydrogen) atoms. The van der Waals surface area contributed by atoms with E-state index in [1.54, 1.807) is 38.1 Å². The summed E-state index contributed by atoms with van der Waals surface area (Å²) in [7, 11) is 0. The van der Waals surface area contributed by atoms with Crippen molar-refractivity contribution in [1.29, 1.82) is 0 Å². The van der Waals surface area contributed by atoms with Gasteiger partial charge in [-0.1, -0.05) is 29.8 Å². The Hall–Kier alpha value is -2.95. The lowest BCUT2D eigenvalue weighted by atomic mass is 9.85. The molecule has 142 valence electrons. The van der Waals surface area contributed by atoms with Gasteiger partial charge in [-0.05, 0) is 57.0 Å². The summed E-state index contributed by atoms with van der Waals surface area (Å²) in [6.07, 6.45) is 0.231. The fourth-order valence-corrected chi connectivity index (χ4v) is 2.72. The molecular formula is C22H25NO4. The molecule has 0 radical (unpaired) electrons. The first-order valence-corrected chi connectivity index (χ1v) is 8.85. The zero-order valence-electron chi connectivity index (χ0n) is 16.1. The number of hydrogen-bond donors (Lipinski definition) is 2. The van der Waals surface area contributed by atoms with Crippen molar-refractivity contribution < 1.29 is 19.5 Å². The van der Waals surface area contributed by atoms with Crippen LogP contribution >= 0.6 is 0 Å². The van der Waals surface area contributed by atoms with Crippen molar-refractivity contribution in [2.45, 2.75) is 46.0 Å². The lowest BCUT2D eigenvalue weighted by Crippen LogP contribution is -2.28. The monoisotopic (exact) mass is 367 g/mol. The highest BCUT2D eigenvalue weighted by atomic mass is 16.4. The van der Waals surface area contributed by atoms with E-state index >= 15 is 0 Å². The summed E-state index contributed by atoms with van der Waals surface area (Å²) in [5.41, 5.74) is 2.80. The van der Waals surface area contributed by atoms with Crippen LogP contribution in [0.4, 0.5) is 5.69 Å². The van der Waals surface area contributed by atoms with Gasteiger partial charge in [0.1, 0.15) is 0 Å². The first-order valence-electron chi connectivity index (χ1n) is 8.85. The maximum Gasteiger partial charge on any atom is 0.313 e. The van der Waals surface area contributed by atoms with E-state index in [-0.39, 0.29) is 24.5 Å². The van der Waals surface area contributed by atoms with Crippen molar-refractivity contribution in [2.75, 3.05) is 5.32 Å². The number of anilines is 1. The predicted octanol–water partition coefficient (Wildman–Crippen LogP) is 4.27. The summed E-state index contributed by atoms with van der Waals surface area (Å²) in [5, 5.41) is 12.0. The number of ketones is 1. The average Bonchev–Trinajstić information content (AvgIpc) is 2.62. The molecule has 5 nitrogen and oxygen atoms in total. The largest absolute Gasteiger partial charge is 0.481 e. The Labute approximate surface area is 159 Å². The zero-order chi connectivity index (χ0) is 20.2. The molecule has 0 saturated heterocycles. The van der Waals surface area contributed by atoms with Crippen LogP contribution in [0.3, 0.4) is 0 Å². The summed E-state index contributed by atoms with van der Waals surface area (Å²) in [6.45, 7) is 7.06. The maximum atomic E-state index is 12.4. The van der Waals surface area contributed by atoms with E-state index in [1.807, 2.05) is 32.0 Å². The number of Topliss-reactive ketones (excluding diaryl/α,β-unsaturated/α-hetero) is 1. The Morgan fingerprint density at radius 2 is 1.59 bits per heavy atom. The number of hydrogen-bond acceptors (Lipinski definition) is 3. The maximum absolute atomic E-state index is 12.4. The lowest BCUT2D eigenvalue weighted by molar-refractivity contribution is -0.142. The first-order chi connectivity index (χ1) is 12.6. The molecule has 2 N–H and O–H groups in total. The third-order valence-electron chi connectivity index (χ3n) is 4.70. The van der Waals surface area contributed by atoms with Gasteiger partial charge in [0.25, 0.3) is 0 Å². The van der Waals surface area contributed by atoms with Crippen molar-refractivity contribution in [1.82, 2.24) is 0 Å². The molecule has 2 rings (SSSR count). The summed E-state index contributed by atoms with van der Waals surface area (Å²) in [4.78, 5) is 35.8. The molecule has 0 fully saturated rings. The van der Waals surface area contributed by atoms with Crippen LogP contribution in [-0.2, 0) is 15.0 Å². The zero-order valence-corrected chi connectivity index (χ0v) is 16.1. The summed E-state index contributed by atoms with van der Waals surface area (Å²) < 4.78 is 0. The summed E-state index contributed by atoms with van der Waals surface area (Å²) >= 11 is 0. The Kier molecular flexibility index (Phi) is 6.16. The van der Waals surface area contributed by atoms with E-state index in [4.69, 9.17) is 0 Å². The fourth-order valence-electron chi connectivity index (χ4n) is 2.72. The van der Waals surface area contributed by atoms with Crippen LogP contribution in [0.15, 0.2) is 42.5 Å². The van der Waals surface area contributed by atoms with E-state index in [9.17, 15) is 19.5 Å². The second kappa shape index (κ2) is 8.16. The van der Waals surface area contributed by atoms with Gasteiger partial charge in [-0.2, -0.15) is 0 Å². The number of amides is 1. The standard InChI is InChI=1S/C22H25NO4/c1-14-5-6-15(2)18(13-14)19(24)11-12-20(25)23-17-9-7-16(8-10-17)22(3,4)21(26)27/h5-10,13H,11-12H2,1-4H3,(H,23,25)(H,26,27). The third kappa shape index (κ3) is 5.03. The number of rotatable bonds is 7. The van der Waals surface area contributed by atoms with E-state index in [1.165, 1.54) is 0 Å². The predicted molar refractivity (Wildman–Crippen MR) is 105 cm³/mol. The number of carboxylic acids is 1. The van der Waals surface area contributed by atoms with E-state index in [2.05, 4.69) is 5.32 Å².